The highest BCUT2D eigenvalue weighted by molar-refractivity contribution is 5.49. The zero-order chi connectivity index (χ0) is 11.1. The van der Waals surface area contributed by atoms with Crippen LogP contribution in [0.15, 0.2) is 43.1 Å². The van der Waals surface area contributed by atoms with Crippen molar-refractivity contribution in [2.24, 2.45) is 0 Å². The van der Waals surface area contributed by atoms with Crippen molar-refractivity contribution in [3.05, 3.63) is 58.8 Å². The predicted octanol–water partition coefficient (Wildman–Crippen LogP) is 2.50. The Morgan fingerprint density at radius 2 is 2.07 bits per heavy atom. The molecule has 1 aromatic carbocycles. The van der Waals surface area contributed by atoms with Gasteiger partial charge in [0.1, 0.15) is 12.4 Å². The number of rotatable bonds is 5. The van der Waals surface area contributed by atoms with Gasteiger partial charge in [0, 0.05) is 6.08 Å². The molecule has 4 heteroatoms. The average molecular weight is 205 g/mol. The summed E-state index contributed by atoms with van der Waals surface area (Å²) in [5, 5.41) is 10.1. The topological polar surface area (TPSA) is 52.4 Å². The summed E-state index contributed by atoms with van der Waals surface area (Å²) in [5.41, 5.74) is 0.762. The van der Waals surface area contributed by atoms with E-state index in [9.17, 15) is 10.1 Å². The zero-order valence-electron chi connectivity index (χ0n) is 8.13. The number of nitro groups is 1. The lowest BCUT2D eigenvalue weighted by atomic mass is 10.2. The minimum Gasteiger partial charge on any atom is -0.490 e. The van der Waals surface area contributed by atoms with Gasteiger partial charge in [-0.2, -0.15) is 0 Å². The molecule has 0 bridgehead atoms. The molecule has 0 saturated heterocycles. The number of hydrogen-bond acceptors (Lipinski definition) is 3. The molecule has 0 aliphatic rings. The second-order valence-electron chi connectivity index (χ2n) is 2.77. The molecule has 0 aliphatic carbocycles. The molecule has 78 valence electrons. The smallest absolute Gasteiger partial charge is 0.235 e. The van der Waals surface area contributed by atoms with Gasteiger partial charge in [0.25, 0.3) is 0 Å². The highest BCUT2D eigenvalue weighted by Gasteiger charge is 1.93. The lowest BCUT2D eigenvalue weighted by molar-refractivity contribution is -0.400. The zero-order valence-corrected chi connectivity index (χ0v) is 8.13. The summed E-state index contributed by atoms with van der Waals surface area (Å²) in [6, 6.07) is 7.00. The van der Waals surface area contributed by atoms with E-state index in [-0.39, 0.29) is 0 Å². The van der Waals surface area contributed by atoms with Crippen LogP contribution in [0.2, 0.25) is 0 Å². The summed E-state index contributed by atoms with van der Waals surface area (Å²) in [4.78, 5) is 9.57. The average Bonchev–Trinajstić information content (AvgIpc) is 2.25. The molecule has 0 fully saturated rings. The summed E-state index contributed by atoms with van der Waals surface area (Å²) >= 11 is 0. The van der Waals surface area contributed by atoms with E-state index in [2.05, 4.69) is 6.58 Å². The Bertz CT molecular complexity index is 368. The normalized spacial score (nSPS) is 10.1. The van der Waals surface area contributed by atoms with Crippen LogP contribution in [0.1, 0.15) is 5.56 Å². The van der Waals surface area contributed by atoms with Gasteiger partial charge in [-0.05, 0) is 17.7 Å². The third-order valence-corrected chi connectivity index (χ3v) is 1.64. The number of benzene rings is 1. The third kappa shape index (κ3) is 4.08. The fourth-order valence-electron chi connectivity index (χ4n) is 0.977. The van der Waals surface area contributed by atoms with Crippen LogP contribution in [-0.4, -0.2) is 11.5 Å². The lowest BCUT2D eigenvalue weighted by Crippen LogP contribution is -1.92. The molecule has 15 heavy (non-hydrogen) atoms. The fourth-order valence-corrected chi connectivity index (χ4v) is 0.977. The SMILES string of the molecule is C=CCOc1ccc(/C=C/[N+](=O)[O-])cc1. The Hall–Kier alpha value is -2.10. The van der Waals surface area contributed by atoms with Crippen molar-refractivity contribution in [2.75, 3.05) is 6.61 Å². The first-order chi connectivity index (χ1) is 7.22. The Labute approximate surface area is 87.6 Å². The van der Waals surface area contributed by atoms with Crippen molar-refractivity contribution in [3.8, 4) is 5.75 Å². The van der Waals surface area contributed by atoms with E-state index in [1.807, 2.05) is 0 Å². The molecule has 0 aromatic heterocycles. The van der Waals surface area contributed by atoms with Gasteiger partial charge in [-0.3, -0.25) is 10.1 Å². The van der Waals surface area contributed by atoms with Crippen LogP contribution in [0.25, 0.3) is 6.08 Å². The van der Waals surface area contributed by atoms with Gasteiger partial charge in [-0.1, -0.05) is 24.8 Å². The van der Waals surface area contributed by atoms with Crippen LogP contribution < -0.4 is 4.74 Å². The van der Waals surface area contributed by atoms with E-state index in [0.717, 1.165) is 11.8 Å². The number of hydrogen-bond donors (Lipinski definition) is 0. The summed E-state index contributed by atoms with van der Waals surface area (Å²) in [7, 11) is 0. The van der Waals surface area contributed by atoms with Crippen molar-refractivity contribution >= 4 is 6.08 Å². The van der Waals surface area contributed by atoms with Crippen LogP contribution in [0.3, 0.4) is 0 Å². The van der Waals surface area contributed by atoms with Crippen LogP contribution in [0.5, 0.6) is 5.75 Å². The molecule has 0 heterocycles. The van der Waals surface area contributed by atoms with Crippen molar-refractivity contribution in [1.29, 1.82) is 0 Å². The first-order valence-electron chi connectivity index (χ1n) is 4.38. The number of ether oxygens (including phenoxy) is 1. The molecule has 0 atom stereocenters. The molecule has 0 aliphatic heterocycles. The maximum Gasteiger partial charge on any atom is 0.235 e. The van der Waals surface area contributed by atoms with Crippen molar-refractivity contribution in [2.45, 2.75) is 0 Å². The molecule has 0 unspecified atom stereocenters. The van der Waals surface area contributed by atoms with Gasteiger partial charge in [-0.25, -0.2) is 0 Å². The van der Waals surface area contributed by atoms with E-state index in [1.54, 1.807) is 30.3 Å². The van der Waals surface area contributed by atoms with Crippen LogP contribution in [0.4, 0.5) is 0 Å². The highest BCUT2D eigenvalue weighted by atomic mass is 16.6. The Morgan fingerprint density at radius 3 is 2.60 bits per heavy atom. The van der Waals surface area contributed by atoms with Crippen molar-refractivity contribution in [3.63, 3.8) is 0 Å². The van der Waals surface area contributed by atoms with E-state index in [1.165, 1.54) is 6.08 Å². The van der Waals surface area contributed by atoms with E-state index >= 15 is 0 Å². The Kier molecular flexibility index (Phi) is 4.09. The van der Waals surface area contributed by atoms with Gasteiger partial charge in [-0.15, -0.1) is 0 Å². The molecule has 0 saturated carbocycles. The van der Waals surface area contributed by atoms with Crippen LogP contribution >= 0.6 is 0 Å². The summed E-state index contributed by atoms with van der Waals surface area (Å²) in [6.07, 6.45) is 3.98. The van der Waals surface area contributed by atoms with Gasteiger partial charge in [0.15, 0.2) is 0 Å². The summed E-state index contributed by atoms with van der Waals surface area (Å²) in [6.45, 7) is 3.98. The molecule has 1 aromatic rings. The van der Waals surface area contributed by atoms with Crippen LogP contribution in [-0.2, 0) is 0 Å². The molecular formula is C11H11NO3. The largest absolute Gasteiger partial charge is 0.490 e. The fraction of sp³-hybridized carbons (Fsp3) is 0.0909. The van der Waals surface area contributed by atoms with Crippen LogP contribution in [0, 0.1) is 10.1 Å². The molecule has 0 radical (unpaired) electrons. The van der Waals surface area contributed by atoms with E-state index in [4.69, 9.17) is 4.74 Å². The second-order valence-corrected chi connectivity index (χ2v) is 2.77. The Balaban J connectivity index is 2.63. The maximum absolute atomic E-state index is 10.1. The molecule has 4 nitrogen and oxygen atoms in total. The van der Waals surface area contributed by atoms with E-state index in [0.29, 0.717) is 12.4 Å². The maximum atomic E-state index is 10.1. The van der Waals surface area contributed by atoms with Crippen molar-refractivity contribution in [1.82, 2.24) is 0 Å². The summed E-state index contributed by atoms with van der Waals surface area (Å²) < 4.78 is 5.26. The second kappa shape index (κ2) is 5.59. The lowest BCUT2D eigenvalue weighted by Gasteiger charge is -2.02. The highest BCUT2D eigenvalue weighted by Crippen LogP contribution is 2.12. The monoisotopic (exact) mass is 205 g/mol. The molecule has 0 N–H and O–H groups in total. The predicted molar refractivity (Wildman–Crippen MR) is 58.2 cm³/mol. The quantitative estimate of drug-likeness (QED) is 0.421. The molecular weight excluding hydrogens is 194 g/mol. The van der Waals surface area contributed by atoms with Gasteiger partial charge < -0.3 is 4.74 Å². The van der Waals surface area contributed by atoms with Gasteiger partial charge in [0.2, 0.25) is 6.20 Å². The third-order valence-electron chi connectivity index (χ3n) is 1.64. The first kappa shape index (κ1) is 11.0. The molecule has 1 rings (SSSR count). The minimum absolute atomic E-state index is 0.448. The first-order valence-corrected chi connectivity index (χ1v) is 4.38. The van der Waals surface area contributed by atoms with Crippen molar-refractivity contribution < 1.29 is 9.66 Å². The van der Waals surface area contributed by atoms with E-state index < -0.39 is 4.92 Å². The van der Waals surface area contributed by atoms with Gasteiger partial charge >= 0.3 is 0 Å². The van der Waals surface area contributed by atoms with Gasteiger partial charge in [0.05, 0.1) is 4.92 Å². The summed E-state index contributed by atoms with van der Waals surface area (Å²) in [5.74, 6) is 0.716. The minimum atomic E-state index is -0.498. The number of nitrogens with zero attached hydrogens (tertiary/aromatic N) is 1. The molecule has 0 amide bonds. The molecule has 0 spiro atoms. The standard InChI is InChI=1S/C11H11NO3/c1-2-9-15-11-5-3-10(4-6-11)7-8-12(13)14/h2-8H,1,9H2/b8-7+. The Morgan fingerprint density at radius 1 is 1.40 bits per heavy atom.